The van der Waals surface area contributed by atoms with Crippen LogP contribution in [0.3, 0.4) is 0 Å². The zero-order valence-corrected chi connectivity index (χ0v) is 16.0. The van der Waals surface area contributed by atoms with Crippen molar-refractivity contribution in [1.82, 2.24) is 9.62 Å². The second kappa shape index (κ2) is 8.77. The molecule has 2 aliphatic rings. The summed E-state index contributed by atoms with van der Waals surface area (Å²) >= 11 is 0. The van der Waals surface area contributed by atoms with E-state index < -0.39 is 16.1 Å². The molecule has 2 N–H and O–H groups in total. The number of benzene rings is 1. The van der Waals surface area contributed by atoms with Crippen LogP contribution in [-0.4, -0.2) is 70.6 Å². The van der Waals surface area contributed by atoms with Crippen molar-refractivity contribution in [3.8, 4) is 0 Å². The Hall–Kier alpha value is -1.03. The molecule has 2 aliphatic heterocycles. The molecular weight excluding hydrogens is 356 g/mol. The lowest BCUT2D eigenvalue weighted by Crippen LogP contribution is -2.39. The molecule has 1 saturated heterocycles. The van der Waals surface area contributed by atoms with Crippen molar-refractivity contribution >= 4 is 10.0 Å². The maximum absolute atomic E-state index is 12.2. The highest BCUT2D eigenvalue weighted by atomic mass is 32.2. The van der Waals surface area contributed by atoms with E-state index in [1.807, 2.05) is 6.07 Å². The smallest absolute Gasteiger partial charge is 0.240 e. The van der Waals surface area contributed by atoms with Crippen LogP contribution in [0.2, 0.25) is 0 Å². The summed E-state index contributed by atoms with van der Waals surface area (Å²) in [5.74, 6) is 0. The van der Waals surface area contributed by atoms with Gasteiger partial charge in [-0.2, -0.15) is 0 Å². The maximum atomic E-state index is 12.2. The normalized spacial score (nSPS) is 20.7. The van der Waals surface area contributed by atoms with Gasteiger partial charge in [-0.25, -0.2) is 13.1 Å². The molecule has 0 saturated carbocycles. The third kappa shape index (κ3) is 4.82. The molecule has 2 heterocycles. The lowest BCUT2D eigenvalue weighted by Gasteiger charge is -2.32. The number of rotatable bonds is 7. The third-order valence-electron chi connectivity index (χ3n) is 5.02. The van der Waals surface area contributed by atoms with E-state index in [1.54, 1.807) is 12.1 Å². The summed E-state index contributed by atoms with van der Waals surface area (Å²) in [6, 6.07) is 5.38. The van der Waals surface area contributed by atoms with Crippen LogP contribution in [0.4, 0.5) is 0 Å². The minimum Gasteiger partial charge on any atom is -0.389 e. The average Bonchev–Trinajstić information content (AvgIpc) is 2.66. The fourth-order valence-corrected chi connectivity index (χ4v) is 4.63. The fraction of sp³-hybridized carbons (Fsp3) is 0.667. The number of ether oxygens (including phenoxy) is 2. The minimum atomic E-state index is -3.45. The Bertz CT molecular complexity index is 704. The number of fused-ring (bicyclic) bond motifs is 1. The number of aliphatic hydroxyl groups excluding tert-OH is 1. The van der Waals surface area contributed by atoms with E-state index in [-0.39, 0.29) is 6.10 Å². The first-order valence-corrected chi connectivity index (χ1v) is 10.6. The molecule has 1 unspecified atom stereocenters. The van der Waals surface area contributed by atoms with Gasteiger partial charge in [-0.15, -0.1) is 0 Å². The van der Waals surface area contributed by atoms with Gasteiger partial charge in [0, 0.05) is 32.8 Å². The quantitative estimate of drug-likeness (QED) is 0.712. The summed E-state index contributed by atoms with van der Waals surface area (Å²) in [5, 5.41) is 10.3. The minimum absolute atomic E-state index is 0.176. The molecular formula is C18H28N2O5S. The molecule has 26 heavy (non-hydrogen) atoms. The summed E-state index contributed by atoms with van der Waals surface area (Å²) in [6.45, 7) is 3.64. The van der Waals surface area contributed by atoms with E-state index in [4.69, 9.17) is 9.47 Å². The Labute approximate surface area is 155 Å². The van der Waals surface area contributed by atoms with Gasteiger partial charge in [-0.1, -0.05) is 12.1 Å². The topological polar surface area (TPSA) is 88.1 Å². The lowest BCUT2D eigenvalue weighted by atomic mass is 9.99. The number of nitrogens with one attached hydrogen (secondary N) is 1. The first kappa shape index (κ1) is 19.7. The van der Waals surface area contributed by atoms with E-state index in [1.165, 1.54) is 7.05 Å². The van der Waals surface area contributed by atoms with Crippen LogP contribution in [0.1, 0.15) is 24.0 Å². The Morgan fingerprint density at radius 2 is 2.15 bits per heavy atom. The number of nitrogens with zero attached hydrogens (tertiary/aromatic N) is 1. The Morgan fingerprint density at radius 3 is 2.88 bits per heavy atom. The molecule has 1 aromatic rings. The van der Waals surface area contributed by atoms with Crippen molar-refractivity contribution in [1.29, 1.82) is 0 Å². The molecule has 0 bridgehead atoms. The Balaban J connectivity index is 1.56. The summed E-state index contributed by atoms with van der Waals surface area (Å²) in [4.78, 5) is 2.51. The van der Waals surface area contributed by atoms with Crippen molar-refractivity contribution in [3.63, 3.8) is 0 Å². The molecule has 7 nitrogen and oxygen atoms in total. The van der Waals surface area contributed by atoms with Crippen LogP contribution in [0.15, 0.2) is 23.1 Å². The predicted octanol–water partition coefficient (Wildman–Crippen LogP) is 0.509. The standard InChI is InChI=1S/C18H28N2O5S/c1-19-26(22,23)18-4-2-3-14-11-20(8-5-17(14)18)12-15(21)13-25-16-6-9-24-10-7-16/h2-4,15-16,19,21H,5-13H2,1H3. The number of β-amino-alcohol motifs (C(OH)–C–C–N with tert-alkyl or cyclic N) is 1. The van der Waals surface area contributed by atoms with Gasteiger partial charge >= 0.3 is 0 Å². The highest BCUT2D eigenvalue weighted by Gasteiger charge is 2.25. The fourth-order valence-electron chi connectivity index (χ4n) is 3.59. The van der Waals surface area contributed by atoms with Gasteiger partial charge in [0.1, 0.15) is 0 Å². The molecule has 0 amide bonds. The zero-order valence-electron chi connectivity index (χ0n) is 15.2. The van der Waals surface area contributed by atoms with E-state index in [0.29, 0.717) is 31.0 Å². The summed E-state index contributed by atoms with van der Waals surface area (Å²) in [5.41, 5.74) is 1.89. The van der Waals surface area contributed by atoms with Crippen LogP contribution in [0.5, 0.6) is 0 Å². The largest absolute Gasteiger partial charge is 0.389 e. The highest BCUT2D eigenvalue weighted by Crippen LogP contribution is 2.25. The Morgan fingerprint density at radius 1 is 1.38 bits per heavy atom. The van der Waals surface area contributed by atoms with Crippen molar-refractivity contribution in [2.45, 2.75) is 42.9 Å². The molecule has 1 fully saturated rings. The second-order valence-corrected chi connectivity index (χ2v) is 8.74. The average molecular weight is 384 g/mol. The van der Waals surface area contributed by atoms with Gasteiger partial charge in [0.25, 0.3) is 0 Å². The molecule has 146 valence electrons. The van der Waals surface area contributed by atoms with Gasteiger partial charge in [0.2, 0.25) is 10.0 Å². The van der Waals surface area contributed by atoms with Crippen molar-refractivity contribution < 1.29 is 23.0 Å². The zero-order chi connectivity index (χ0) is 18.6. The third-order valence-corrected chi connectivity index (χ3v) is 6.52. The molecule has 8 heteroatoms. The van der Waals surface area contributed by atoms with Crippen LogP contribution in [-0.2, 0) is 32.5 Å². The van der Waals surface area contributed by atoms with Gasteiger partial charge < -0.3 is 14.6 Å². The maximum Gasteiger partial charge on any atom is 0.240 e. The highest BCUT2D eigenvalue weighted by molar-refractivity contribution is 7.89. The van der Waals surface area contributed by atoms with Crippen molar-refractivity contribution in [3.05, 3.63) is 29.3 Å². The summed E-state index contributed by atoms with van der Waals surface area (Å²) in [7, 11) is -2.02. The second-order valence-electron chi connectivity index (χ2n) is 6.89. The molecule has 1 aromatic carbocycles. The SMILES string of the molecule is CNS(=O)(=O)c1cccc2c1CCN(CC(O)COC1CCOCC1)C2. The van der Waals surface area contributed by atoms with E-state index in [2.05, 4.69) is 9.62 Å². The van der Waals surface area contributed by atoms with Gasteiger partial charge in [-0.05, 0) is 43.5 Å². The van der Waals surface area contributed by atoms with Crippen LogP contribution in [0.25, 0.3) is 0 Å². The number of hydrogen-bond donors (Lipinski definition) is 2. The summed E-state index contributed by atoms with van der Waals surface area (Å²) < 4.78 is 37.8. The van der Waals surface area contributed by atoms with Crippen LogP contribution >= 0.6 is 0 Å². The first-order valence-electron chi connectivity index (χ1n) is 9.13. The first-order chi connectivity index (χ1) is 12.5. The Kier molecular flexibility index (Phi) is 6.65. The van der Waals surface area contributed by atoms with Crippen molar-refractivity contribution in [2.75, 3.05) is 40.0 Å². The van der Waals surface area contributed by atoms with E-state index >= 15 is 0 Å². The van der Waals surface area contributed by atoms with E-state index in [0.717, 1.165) is 43.7 Å². The monoisotopic (exact) mass is 384 g/mol. The van der Waals surface area contributed by atoms with Crippen LogP contribution < -0.4 is 4.72 Å². The molecule has 0 spiro atoms. The van der Waals surface area contributed by atoms with Gasteiger partial charge in [0.05, 0.1) is 23.7 Å². The van der Waals surface area contributed by atoms with Crippen molar-refractivity contribution in [2.24, 2.45) is 0 Å². The van der Waals surface area contributed by atoms with Gasteiger partial charge in [-0.3, -0.25) is 4.90 Å². The number of sulfonamides is 1. The van der Waals surface area contributed by atoms with Crippen LogP contribution in [0, 0.1) is 0 Å². The van der Waals surface area contributed by atoms with Gasteiger partial charge in [0.15, 0.2) is 0 Å². The molecule has 0 aromatic heterocycles. The molecule has 1 atom stereocenters. The summed E-state index contributed by atoms with van der Waals surface area (Å²) in [6.07, 6.45) is 2.04. The number of aliphatic hydroxyl groups is 1. The molecule has 0 aliphatic carbocycles. The van der Waals surface area contributed by atoms with E-state index in [9.17, 15) is 13.5 Å². The number of hydrogen-bond acceptors (Lipinski definition) is 6. The predicted molar refractivity (Wildman–Crippen MR) is 97.5 cm³/mol. The molecule has 3 rings (SSSR count). The lowest BCUT2D eigenvalue weighted by molar-refractivity contribution is -0.0647. The molecule has 0 radical (unpaired) electrons.